The van der Waals surface area contributed by atoms with Crippen LogP contribution in [0.25, 0.3) is 10.8 Å². The number of carbonyl (C=O) groups excluding carboxylic acids is 2. The van der Waals surface area contributed by atoms with Crippen LogP contribution >= 0.6 is 0 Å². The molecule has 0 radical (unpaired) electrons. The van der Waals surface area contributed by atoms with Gasteiger partial charge in [0.05, 0.1) is 6.61 Å². The zero-order chi connectivity index (χ0) is 19.1. The summed E-state index contributed by atoms with van der Waals surface area (Å²) >= 11 is 0. The number of carbonyl (C=O) groups is 2. The summed E-state index contributed by atoms with van der Waals surface area (Å²) in [5.41, 5.74) is 1.57. The molecule has 1 N–H and O–H groups in total. The smallest absolute Gasteiger partial charge is 0.344 e. The number of hydrogen-bond donors (Lipinski definition) is 1. The Labute approximate surface area is 157 Å². The molecule has 0 unspecified atom stereocenters. The molecule has 0 aliphatic rings. The standard InChI is InChI=1S/C22H21NO4/c1-2-26-21(24)15-27-20-11-7-16(8-12-20)14-23-22(25)19-10-9-17-5-3-4-6-18(17)13-19/h3-13H,2,14-15H2,1H3,(H,23,25). The lowest BCUT2D eigenvalue weighted by molar-refractivity contribution is -0.145. The third-order valence-electron chi connectivity index (χ3n) is 4.05. The van der Waals surface area contributed by atoms with Crippen molar-refractivity contribution in [2.45, 2.75) is 13.5 Å². The van der Waals surface area contributed by atoms with Gasteiger partial charge in [0, 0.05) is 12.1 Å². The van der Waals surface area contributed by atoms with Gasteiger partial charge in [-0.05, 0) is 47.5 Å². The maximum atomic E-state index is 12.4. The fraction of sp³-hybridized carbons (Fsp3) is 0.182. The number of esters is 1. The third-order valence-corrected chi connectivity index (χ3v) is 4.05. The summed E-state index contributed by atoms with van der Waals surface area (Å²) in [5, 5.41) is 5.05. The van der Waals surface area contributed by atoms with Gasteiger partial charge in [-0.2, -0.15) is 0 Å². The molecular weight excluding hydrogens is 342 g/mol. The highest BCUT2D eigenvalue weighted by Crippen LogP contribution is 2.16. The number of rotatable bonds is 7. The average molecular weight is 363 g/mol. The van der Waals surface area contributed by atoms with Gasteiger partial charge in [-0.25, -0.2) is 4.79 Å². The maximum absolute atomic E-state index is 12.4. The molecule has 0 saturated carbocycles. The Hall–Kier alpha value is -3.34. The maximum Gasteiger partial charge on any atom is 0.344 e. The van der Waals surface area contributed by atoms with E-state index < -0.39 is 5.97 Å². The monoisotopic (exact) mass is 363 g/mol. The normalized spacial score (nSPS) is 10.4. The van der Waals surface area contributed by atoms with Crippen molar-refractivity contribution in [1.29, 1.82) is 0 Å². The summed E-state index contributed by atoms with van der Waals surface area (Å²) in [6.45, 7) is 2.37. The van der Waals surface area contributed by atoms with Crippen LogP contribution in [0, 0.1) is 0 Å². The molecule has 1 amide bonds. The fourth-order valence-electron chi connectivity index (χ4n) is 2.66. The Bertz CT molecular complexity index is 934. The molecule has 138 valence electrons. The van der Waals surface area contributed by atoms with Crippen molar-refractivity contribution in [2.24, 2.45) is 0 Å². The van der Waals surface area contributed by atoms with Crippen LogP contribution in [0.1, 0.15) is 22.8 Å². The number of hydrogen-bond acceptors (Lipinski definition) is 4. The van der Waals surface area contributed by atoms with Crippen LogP contribution in [0.15, 0.2) is 66.7 Å². The summed E-state index contributed by atoms with van der Waals surface area (Å²) < 4.78 is 10.2. The number of ether oxygens (including phenoxy) is 2. The molecule has 0 saturated heterocycles. The molecule has 0 heterocycles. The van der Waals surface area contributed by atoms with Crippen LogP contribution in [0.2, 0.25) is 0 Å². The first-order valence-corrected chi connectivity index (χ1v) is 8.80. The fourth-order valence-corrected chi connectivity index (χ4v) is 2.66. The molecule has 0 aromatic heterocycles. The predicted octanol–water partition coefficient (Wildman–Crippen LogP) is 3.71. The summed E-state index contributed by atoms with van der Waals surface area (Å²) in [6.07, 6.45) is 0. The molecule has 0 aliphatic carbocycles. The molecule has 3 aromatic rings. The van der Waals surface area contributed by atoms with Gasteiger partial charge in [-0.15, -0.1) is 0 Å². The Balaban J connectivity index is 1.54. The van der Waals surface area contributed by atoms with E-state index in [-0.39, 0.29) is 12.5 Å². The van der Waals surface area contributed by atoms with Crippen molar-refractivity contribution in [2.75, 3.05) is 13.2 Å². The predicted molar refractivity (Wildman–Crippen MR) is 104 cm³/mol. The van der Waals surface area contributed by atoms with Gasteiger partial charge < -0.3 is 14.8 Å². The van der Waals surface area contributed by atoms with Crippen molar-refractivity contribution >= 4 is 22.6 Å². The van der Waals surface area contributed by atoms with Crippen LogP contribution in [-0.4, -0.2) is 25.1 Å². The van der Waals surface area contributed by atoms with E-state index in [4.69, 9.17) is 9.47 Å². The minimum absolute atomic E-state index is 0.119. The van der Waals surface area contributed by atoms with E-state index in [1.807, 2.05) is 54.6 Å². The Morgan fingerprint density at radius 3 is 2.41 bits per heavy atom. The summed E-state index contributed by atoms with van der Waals surface area (Å²) in [7, 11) is 0. The SMILES string of the molecule is CCOC(=O)COc1ccc(CNC(=O)c2ccc3ccccc3c2)cc1. The van der Waals surface area contributed by atoms with Gasteiger partial charge in [0.1, 0.15) is 5.75 Å². The lowest BCUT2D eigenvalue weighted by atomic mass is 10.1. The Morgan fingerprint density at radius 1 is 0.926 bits per heavy atom. The van der Waals surface area contributed by atoms with Gasteiger partial charge in [0.25, 0.3) is 5.91 Å². The highest BCUT2D eigenvalue weighted by atomic mass is 16.6. The first-order chi connectivity index (χ1) is 13.2. The van der Waals surface area contributed by atoms with Gasteiger partial charge in [0.2, 0.25) is 0 Å². The topological polar surface area (TPSA) is 64.6 Å². The lowest BCUT2D eigenvalue weighted by Crippen LogP contribution is -2.22. The first kappa shape index (κ1) is 18.5. The second kappa shape index (κ2) is 8.85. The molecule has 5 heteroatoms. The van der Waals surface area contributed by atoms with E-state index in [9.17, 15) is 9.59 Å². The highest BCUT2D eigenvalue weighted by Gasteiger charge is 2.07. The summed E-state index contributed by atoms with van der Waals surface area (Å²) in [5.74, 6) is 0.0558. The molecule has 0 aliphatic heterocycles. The average Bonchev–Trinajstić information content (AvgIpc) is 2.71. The molecular formula is C22H21NO4. The Kier molecular flexibility index (Phi) is 6.05. The lowest BCUT2D eigenvalue weighted by Gasteiger charge is -2.08. The minimum atomic E-state index is -0.399. The molecule has 5 nitrogen and oxygen atoms in total. The van der Waals surface area contributed by atoms with E-state index in [1.165, 1.54) is 0 Å². The second-order valence-corrected chi connectivity index (χ2v) is 5.98. The van der Waals surface area contributed by atoms with Crippen LogP contribution in [0.3, 0.4) is 0 Å². The molecule has 27 heavy (non-hydrogen) atoms. The third kappa shape index (κ3) is 5.07. The second-order valence-electron chi connectivity index (χ2n) is 5.98. The number of benzene rings is 3. The summed E-state index contributed by atoms with van der Waals surface area (Å²) in [6, 6.07) is 20.8. The molecule has 0 bridgehead atoms. The highest BCUT2D eigenvalue weighted by molar-refractivity contribution is 5.98. The van der Waals surface area contributed by atoms with E-state index in [1.54, 1.807) is 19.1 Å². The number of nitrogens with one attached hydrogen (secondary N) is 1. The minimum Gasteiger partial charge on any atom is -0.482 e. The zero-order valence-corrected chi connectivity index (χ0v) is 15.1. The van der Waals surface area contributed by atoms with Gasteiger partial charge in [-0.3, -0.25) is 4.79 Å². The molecule has 3 aromatic carbocycles. The molecule has 0 fully saturated rings. The van der Waals surface area contributed by atoms with Crippen molar-refractivity contribution in [3.63, 3.8) is 0 Å². The number of fused-ring (bicyclic) bond motifs is 1. The van der Waals surface area contributed by atoms with Crippen LogP contribution in [0.5, 0.6) is 5.75 Å². The van der Waals surface area contributed by atoms with Crippen molar-refractivity contribution in [1.82, 2.24) is 5.32 Å². The van der Waals surface area contributed by atoms with Crippen molar-refractivity contribution in [3.05, 3.63) is 77.9 Å². The quantitative estimate of drug-likeness (QED) is 0.650. The van der Waals surface area contributed by atoms with E-state index in [0.717, 1.165) is 16.3 Å². The van der Waals surface area contributed by atoms with Crippen LogP contribution in [-0.2, 0) is 16.1 Å². The first-order valence-electron chi connectivity index (χ1n) is 8.80. The van der Waals surface area contributed by atoms with Crippen LogP contribution in [0.4, 0.5) is 0 Å². The van der Waals surface area contributed by atoms with E-state index in [0.29, 0.717) is 24.5 Å². The Morgan fingerprint density at radius 2 is 1.67 bits per heavy atom. The number of amides is 1. The molecule has 3 rings (SSSR count). The molecule has 0 atom stereocenters. The van der Waals surface area contributed by atoms with Crippen LogP contribution < -0.4 is 10.1 Å². The summed E-state index contributed by atoms with van der Waals surface area (Å²) in [4.78, 5) is 23.7. The van der Waals surface area contributed by atoms with Gasteiger partial charge >= 0.3 is 5.97 Å². The van der Waals surface area contributed by atoms with Gasteiger partial charge in [-0.1, -0.05) is 42.5 Å². The van der Waals surface area contributed by atoms with Gasteiger partial charge in [0.15, 0.2) is 6.61 Å². The van der Waals surface area contributed by atoms with Crippen molar-refractivity contribution < 1.29 is 19.1 Å². The largest absolute Gasteiger partial charge is 0.482 e. The molecule has 0 spiro atoms. The zero-order valence-electron chi connectivity index (χ0n) is 15.1. The van der Waals surface area contributed by atoms with Crippen molar-refractivity contribution in [3.8, 4) is 5.75 Å². The van der Waals surface area contributed by atoms with E-state index >= 15 is 0 Å². The van der Waals surface area contributed by atoms with E-state index in [2.05, 4.69) is 5.32 Å².